The number of ether oxygens (including phenoxy) is 2. The molecule has 49 heavy (non-hydrogen) atoms. The smallest absolute Gasteiger partial charge is 0.410 e. The third-order valence-electron chi connectivity index (χ3n) is 9.91. The van der Waals surface area contributed by atoms with Gasteiger partial charge in [-0.2, -0.15) is 0 Å². The summed E-state index contributed by atoms with van der Waals surface area (Å²) >= 11 is 0. The van der Waals surface area contributed by atoms with Crippen LogP contribution in [0.4, 0.5) is 9.59 Å². The maximum absolute atomic E-state index is 13.9. The van der Waals surface area contributed by atoms with Gasteiger partial charge in [0.25, 0.3) is 5.91 Å². The van der Waals surface area contributed by atoms with E-state index in [0.29, 0.717) is 32.4 Å². The number of carbonyl (C=O) groups excluding carboxylic acids is 5. The van der Waals surface area contributed by atoms with Gasteiger partial charge < -0.3 is 25.0 Å². The van der Waals surface area contributed by atoms with Crippen molar-refractivity contribution >= 4 is 46.0 Å². The predicted molar refractivity (Wildman–Crippen MR) is 177 cm³/mol. The average Bonchev–Trinajstić information content (AvgIpc) is 3.93. The van der Waals surface area contributed by atoms with Crippen molar-refractivity contribution in [3.8, 4) is 0 Å². The SMILES string of the molecule is C=C[C@@H]1C[C@]1(NC(=O)[C@@H]1C[C@@H]2CN1C(=O)[C@H](C)NC(=O)OCC(C)(C)C/C=C/c1cccc3c1CN(C3)C(=O)O2)C(=O)NS(=O)(=O)C1CC1. The van der Waals surface area contributed by atoms with Crippen LogP contribution >= 0.6 is 0 Å². The van der Waals surface area contributed by atoms with Crippen molar-refractivity contribution in [3.63, 3.8) is 0 Å². The number of fused-ring (bicyclic) bond motifs is 3. The number of hydrogen-bond acceptors (Lipinski definition) is 9. The number of benzene rings is 1. The lowest BCUT2D eigenvalue weighted by Crippen LogP contribution is -2.58. The second-order valence-corrected chi connectivity index (χ2v) is 16.4. The fraction of sp³-hybridized carbons (Fsp3) is 0.559. The second-order valence-electron chi connectivity index (χ2n) is 14.5. The molecule has 1 saturated heterocycles. The predicted octanol–water partition coefficient (Wildman–Crippen LogP) is 2.34. The summed E-state index contributed by atoms with van der Waals surface area (Å²) in [6, 6.07) is 3.54. The highest BCUT2D eigenvalue weighted by Gasteiger charge is 2.62. The zero-order valence-corrected chi connectivity index (χ0v) is 28.7. The Kier molecular flexibility index (Phi) is 9.01. The van der Waals surface area contributed by atoms with Gasteiger partial charge in [0.05, 0.1) is 24.9 Å². The van der Waals surface area contributed by atoms with Gasteiger partial charge in [0.2, 0.25) is 21.8 Å². The number of sulfonamides is 1. The first-order valence-electron chi connectivity index (χ1n) is 16.6. The van der Waals surface area contributed by atoms with E-state index in [1.807, 2.05) is 44.2 Å². The summed E-state index contributed by atoms with van der Waals surface area (Å²) in [6.45, 7) is 9.67. The number of alkyl carbamates (subject to hydrolysis) is 1. The Hall–Kier alpha value is -4.40. The second kappa shape index (κ2) is 12.8. The van der Waals surface area contributed by atoms with Gasteiger partial charge in [-0.05, 0) is 49.3 Å². The van der Waals surface area contributed by atoms with E-state index in [0.717, 1.165) is 16.7 Å². The Bertz CT molecular complexity index is 1720. The van der Waals surface area contributed by atoms with Crippen LogP contribution in [0.25, 0.3) is 6.08 Å². The van der Waals surface area contributed by atoms with Crippen molar-refractivity contribution in [2.75, 3.05) is 13.2 Å². The maximum Gasteiger partial charge on any atom is 0.410 e. The summed E-state index contributed by atoms with van der Waals surface area (Å²) in [4.78, 5) is 70.0. The fourth-order valence-electron chi connectivity index (χ4n) is 6.70. The number of cyclic esters (lactones) is 1. The topological polar surface area (TPSA) is 181 Å². The van der Waals surface area contributed by atoms with Crippen LogP contribution in [0, 0.1) is 11.3 Å². The van der Waals surface area contributed by atoms with Crippen LogP contribution in [0.3, 0.4) is 0 Å². The van der Waals surface area contributed by atoms with E-state index in [2.05, 4.69) is 21.9 Å². The normalized spacial score (nSPS) is 30.5. The van der Waals surface area contributed by atoms with Gasteiger partial charge in [0.15, 0.2) is 0 Å². The summed E-state index contributed by atoms with van der Waals surface area (Å²) in [6.07, 6.45) is 4.71. The molecule has 0 spiro atoms. The van der Waals surface area contributed by atoms with Crippen LogP contribution in [-0.2, 0) is 47.0 Å². The molecule has 4 bridgehead atoms. The van der Waals surface area contributed by atoms with Crippen molar-refractivity contribution in [1.82, 2.24) is 25.2 Å². The van der Waals surface area contributed by atoms with E-state index in [-0.39, 0.29) is 26.0 Å². The minimum absolute atomic E-state index is 0.0784. The van der Waals surface area contributed by atoms with Crippen LogP contribution in [0.1, 0.15) is 69.6 Å². The molecule has 5 amide bonds. The standard InChI is InChI=1S/C34H43N5O9S/c1-5-23-15-34(23,30(42)37-49(45,46)25-11-12-25)36-28(40)27-14-24-17-39(27)29(41)20(2)35-31(43)47-19-33(3,4)13-7-10-21-8-6-9-22-16-38(18-26(21)22)32(44)48-24/h5-10,20,23-25,27H,1,11-19H2,2-4H3,(H,35,43)(H,36,40)(H,37,42)/b10-7+/t20-,23+,24+,27-,34+/m0/s1. The van der Waals surface area contributed by atoms with Gasteiger partial charge in [0.1, 0.15) is 23.7 Å². The van der Waals surface area contributed by atoms with Crippen LogP contribution in [0.15, 0.2) is 36.9 Å². The Morgan fingerprint density at radius 2 is 1.90 bits per heavy atom. The molecule has 5 atom stereocenters. The molecule has 264 valence electrons. The van der Waals surface area contributed by atoms with Crippen LogP contribution in [0.2, 0.25) is 0 Å². The molecule has 15 heteroatoms. The first kappa shape index (κ1) is 34.5. The van der Waals surface area contributed by atoms with Crippen molar-refractivity contribution in [1.29, 1.82) is 0 Å². The fourth-order valence-corrected chi connectivity index (χ4v) is 8.06. The summed E-state index contributed by atoms with van der Waals surface area (Å²) in [5, 5.41) is 4.59. The highest BCUT2D eigenvalue weighted by atomic mass is 32.2. The average molecular weight is 698 g/mol. The molecule has 1 aromatic rings. The molecular weight excluding hydrogens is 654 g/mol. The number of carbonyl (C=O) groups is 5. The molecule has 3 aliphatic heterocycles. The molecule has 14 nitrogen and oxygen atoms in total. The highest BCUT2D eigenvalue weighted by Crippen LogP contribution is 2.45. The van der Waals surface area contributed by atoms with Gasteiger partial charge in [-0.25, -0.2) is 18.0 Å². The first-order chi connectivity index (χ1) is 23.1. The van der Waals surface area contributed by atoms with Gasteiger partial charge in [-0.3, -0.25) is 24.0 Å². The number of allylic oxidation sites excluding steroid dienone is 1. The lowest BCUT2D eigenvalue weighted by atomic mass is 9.90. The third kappa shape index (κ3) is 7.17. The van der Waals surface area contributed by atoms with Crippen LogP contribution in [-0.4, -0.2) is 90.3 Å². The van der Waals surface area contributed by atoms with E-state index < -0.39 is 80.2 Å². The lowest BCUT2D eigenvalue weighted by molar-refractivity contribution is -0.140. The zero-order valence-electron chi connectivity index (χ0n) is 27.9. The Labute approximate surface area is 285 Å². The van der Waals surface area contributed by atoms with Gasteiger partial charge >= 0.3 is 12.2 Å². The quantitative estimate of drug-likeness (QED) is 0.376. The molecule has 3 N–H and O–H groups in total. The van der Waals surface area contributed by atoms with E-state index in [4.69, 9.17) is 9.47 Å². The number of hydrogen-bond donors (Lipinski definition) is 3. The Morgan fingerprint density at radius 3 is 2.59 bits per heavy atom. The zero-order chi connectivity index (χ0) is 35.3. The van der Waals surface area contributed by atoms with E-state index in [9.17, 15) is 32.4 Å². The molecule has 2 aliphatic carbocycles. The number of rotatable bonds is 6. The van der Waals surface area contributed by atoms with Crippen LogP contribution in [0.5, 0.6) is 0 Å². The molecule has 3 heterocycles. The molecule has 0 radical (unpaired) electrons. The largest absolute Gasteiger partial charge is 0.449 e. The number of nitrogens with one attached hydrogen (secondary N) is 3. The van der Waals surface area contributed by atoms with Crippen molar-refractivity contribution in [2.45, 2.75) is 94.9 Å². The highest BCUT2D eigenvalue weighted by molar-refractivity contribution is 7.91. The van der Waals surface area contributed by atoms with E-state index in [1.165, 1.54) is 17.9 Å². The minimum atomic E-state index is -3.90. The summed E-state index contributed by atoms with van der Waals surface area (Å²) < 4.78 is 38.6. The van der Waals surface area contributed by atoms with E-state index in [1.54, 1.807) is 4.90 Å². The third-order valence-corrected chi connectivity index (χ3v) is 11.7. The van der Waals surface area contributed by atoms with Crippen molar-refractivity contribution < 1.29 is 41.9 Å². The summed E-state index contributed by atoms with van der Waals surface area (Å²) in [7, 11) is -3.90. The van der Waals surface area contributed by atoms with Gasteiger partial charge in [0, 0.05) is 24.3 Å². The molecule has 1 aromatic carbocycles. The Morgan fingerprint density at radius 1 is 1.14 bits per heavy atom. The monoisotopic (exact) mass is 697 g/mol. The molecule has 5 aliphatic rings. The van der Waals surface area contributed by atoms with Crippen LogP contribution < -0.4 is 15.4 Å². The lowest BCUT2D eigenvalue weighted by Gasteiger charge is -2.29. The molecular formula is C34H43N5O9S. The number of amides is 5. The van der Waals surface area contributed by atoms with Gasteiger partial charge in [-0.1, -0.05) is 50.3 Å². The molecule has 0 aromatic heterocycles. The summed E-state index contributed by atoms with van der Waals surface area (Å²) in [5.41, 5.74) is 0.947. The minimum Gasteiger partial charge on any atom is -0.449 e. The van der Waals surface area contributed by atoms with Crippen molar-refractivity contribution in [3.05, 3.63) is 53.6 Å². The van der Waals surface area contributed by atoms with E-state index >= 15 is 0 Å². The van der Waals surface area contributed by atoms with Crippen molar-refractivity contribution in [2.24, 2.45) is 11.3 Å². The first-order valence-corrected chi connectivity index (χ1v) is 18.1. The molecule has 0 unspecified atom stereocenters. The summed E-state index contributed by atoms with van der Waals surface area (Å²) in [5.74, 6) is -2.75. The maximum atomic E-state index is 13.9. The number of nitrogens with zero attached hydrogens (tertiary/aromatic N) is 2. The molecule has 3 fully saturated rings. The van der Waals surface area contributed by atoms with Gasteiger partial charge in [-0.15, -0.1) is 6.58 Å². The molecule has 6 rings (SSSR count). The molecule has 2 saturated carbocycles. The Balaban J connectivity index is 1.24.